The molecule has 1 aliphatic rings. The summed E-state index contributed by atoms with van der Waals surface area (Å²) in [5.74, 6) is 1.48. The average Bonchev–Trinajstić information content (AvgIpc) is 3.52. The molecule has 0 radical (unpaired) electrons. The highest BCUT2D eigenvalue weighted by molar-refractivity contribution is 5.91. The summed E-state index contributed by atoms with van der Waals surface area (Å²) in [5.41, 5.74) is 3.79. The summed E-state index contributed by atoms with van der Waals surface area (Å²) in [6.07, 6.45) is 9.99. The van der Waals surface area contributed by atoms with Crippen LogP contribution >= 0.6 is 0 Å². The van der Waals surface area contributed by atoms with Crippen molar-refractivity contribution in [3.8, 4) is 0 Å². The summed E-state index contributed by atoms with van der Waals surface area (Å²) >= 11 is 0. The number of furan rings is 1. The molecule has 7 heteroatoms. The molecule has 1 N–H and O–H groups in total. The highest BCUT2D eigenvalue weighted by atomic mass is 16.3. The monoisotopic (exact) mass is 474 g/mol. The van der Waals surface area contributed by atoms with E-state index in [2.05, 4.69) is 15.2 Å². The Labute approximate surface area is 206 Å². The number of aldehydes is 1. The van der Waals surface area contributed by atoms with Gasteiger partial charge >= 0.3 is 0 Å². The number of carbonyl (C=O) groups is 2. The number of fused-ring (bicyclic) bond motifs is 1. The van der Waals surface area contributed by atoms with Crippen molar-refractivity contribution in [2.75, 3.05) is 32.5 Å². The number of benzene rings is 1. The molecule has 1 fully saturated rings. The molecular weight excluding hydrogens is 440 g/mol. The van der Waals surface area contributed by atoms with E-state index in [1.807, 2.05) is 44.3 Å². The van der Waals surface area contributed by atoms with Crippen LogP contribution in [-0.4, -0.2) is 60.2 Å². The van der Waals surface area contributed by atoms with Crippen LogP contribution in [0.3, 0.4) is 0 Å². The van der Waals surface area contributed by atoms with Crippen molar-refractivity contribution in [2.45, 2.75) is 45.2 Å². The van der Waals surface area contributed by atoms with Crippen LogP contribution in [0, 0.1) is 6.92 Å². The number of amides is 1. The van der Waals surface area contributed by atoms with Crippen LogP contribution in [0.15, 0.2) is 47.0 Å². The zero-order valence-corrected chi connectivity index (χ0v) is 20.8. The lowest BCUT2D eigenvalue weighted by Gasteiger charge is -2.22. The first-order valence-electron chi connectivity index (χ1n) is 12.3. The Bertz CT molecular complexity index is 1210. The maximum atomic E-state index is 12.8. The molecule has 35 heavy (non-hydrogen) atoms. The van der Waals surface area contributed by atoms with Gasteiger partial charge in [0.1, 0.15) is 23.4 Å². The molecule has 1 aromatic carbocycles. The molecule has 1 unspecified atom stereocenters. The number of hydrogen-bond donors (Lipinski definition) is 1. The number of nitrogens with one attached hydrogen (secondary N) is 1. The van der Waals surface area contributed by atoms with Gasteiger partial charge in [0.15, 0.2) is 0 Å². The third kappa shape index (κ3) is 5.80. The molecule has 4 rings (SSSR count). The Morgan fingerprint density at radius 2 is 2.06 bits per heavy atom. The van der Waals surface area contributed by atoms with Crippen molar-refractivity contribution in [3.63, 3.8) is 0 Å². The van der Waals surface area contributed by atoms with Crippen molar-refractivity contribution in [1.29, 1.82) is 0 Å². The minimum Gasteiger partial charge on any atom is -0.459 e. The number of anilines is 1. The van der Waals surface area contributed by atoms with Gasteiger partial charge in [0.2, 0.25) is 5.91 Å². The number of nitrogens with zero attached hydrogens (tertiary/aromatic N) is 3. The molecule has 184 valence electrons. The van der Waals surface area contributed by atoms with Crippen molar-refractivity contribution >= 4 is 35.1 Å². The maximum Gasteiger partial charge on any atom is 0.246 e. The minimum absolute atomic E-state index is 0.0571. The first kappa shape index (κ1) is 24.7. The van der Waals surface area contributed by atoms with Crippen LogP contribution in [0.25, 0.3) is 17.0 Å². The zero-order chi connectivity index (χ0) is 24.8. The van der Waals surface area contributed by atoms with E-state index < -0.39 is 0 Å². The smallest absolute Gasteiger partial charge is 0.246 e. The topological polar surface area (TPSA) is 78.7 Å². The Hall–Kier alpha value is -3.45. The Balaban J connectivity index is 1.41. The van der Waals surface area contributed by atoms with Gasteiger partial charge < -0.3 is 19.4 Å². The third-order valence-corrected chi connectivity index (χ3v) is 6.82. The molecule has 3 aromatic rings. The summed E-state index contributed by atoms with van der Waals surface area (Å²) in [4.78, 5) is 32.8. The van der Waals surface area contributed by atoms with Gasteiger partial charge in [0.05, 0.1) is 12.6 Å². The molecule has 2 aromatic heterocycles. The lowest BCUT2D eigenvalue weighted by molar-refractivity contribution is -0.125. The van der Waals surface area contributed by atoms with Gasteiger partial charge in [-0.25, -0.2) is 4.98 Å². The van der Waals surface area contributed by atoms with Crippen LogP contribution in [0.1, 0.15) is 41.7 Å². The fourth-order valence-electron chi connectivity index (χ4n) is 4.71. The normalized spacial score (nSPS) is 15.1. The maximum absolute atomic E-state index is 12.8. The van der Waals surface area contributed by atoms with E-state index in [0.29, 0.717) is 6.54 Å². The van der Waals surface area contributed by atoms with Gasteiger partial charge in [-0.15, -0.1) is 0 Å². The van der Waals surface area contributed by atoms with Crippen molar-refractivity contribution in [1.82, 2.24) is 14.8 Å². The quantitative estimate of drug-likeness (QED) is 0.346. The van der Waals surface area contributed by atoms with Gasteiger partial charge in [0.25, 0.3) is 0 Å². The van der Waals surface area contributed by atoms with E-state index in [1.54, 1.807) is 30.3 Å². The third-order valence-electron chi connectivity index (χ3n) is 6.82. The predicted molar refractivity (Wildman–Crippen MR) is 139 cm³/mol. The first-order chi connectivity index (χ1) is 17.0. The van der Waals surface area contributed by atoms with E-state index >= 15 is 0 Å². The van der Waals surface area contributed by atoms with Crippen LogP contribution in [-0.2, 0) is 22.6 Å². The number of aryl methyl sites for hydroxylation is 2. The summed E-state index contributed by atoms with van der Waals surface area (Å²) in [6.45, 7) is 4.40. The van der Waals surface area contributed by atoms with Crippen LogP contribution in [0.5, 0.6) is 0 Å². The van der Waals surface area contributed by atoms with Gasteiger partial charge in [0, 0.05) is 37.3 Å². The summed E-state index contributed by atoms with van der Waals surface area (Å²) < 4.78 is 5.95. The lowest BCUT2D eigenvalue weighted by atomic mass is 10.0. The Morgan fingerprint density at radius 1 is 1.29 bits per heavy atom. The number of para-hydroxylation sites is 1. The highest BCUT2D eigenvalue weighted by Gasteiger charge is 2.21. The largest absolute Gasteiger partial charge is 0.459 e. The number of aromatic nitrogens is 1. The first-order valence-corrected chi connectivity index (χ1v) is 12.3. The van der Waals surface area contributed by atoms with E-state index in [-0.39, 0.29) is 11.9 Å². The SMILES string of the molecule is CNc1ncc(/C=C/C(=O)N(C)Cc2oc3ccccc3c2C)cc1CCC(C=O)N1CCCC1. The number of likely N-dealkylation sites (tertiary alicyclic amines) is 1. The summed E-state index contributed by atoms with van der Waals surface area (Å²) in [7, 11) is 3.61. The number of carbonyl (C=O) groups excluding carboxylic acids is 2. The molecule has 0 bridgehead atoms. The lowest BCUT2D eigenvalue weighted by Crippen LogP contribution is -2.34. The molecule has 1 atom stereocenters. The van der Waals surface area contributed by atoms with Crippen LogP contribution < -0.4 is 5.32 Å². The Morgan fingerprint density at radius 3 is 2.77 bits per heavy atom. The standard InChI is InChI=1S/C28H34N4O3/c1-20-24-8-4-5-9-25(24)35-26(20)18-31(3)27(34)13-10-21-16-22(28(29-2)30-17-21)11-12-23(19-33)32-14-6-7-15-32/h4-5,8-10,13,16-17,19,23H,6-7,11-12,14-15,18H2,1-3H3,(H,29,30)/b13-10+. The van der Waals surface area contributed by atoms with Crippen LogP contribution in [0.2, 0.25) is 0 Å². The van der Waals surface area contributed by atoms with E-state index in [1.165, 1.54) is 0 Å². The Kier molecular flexibility index (Phi) is 7.98. The second-order valence-corrected chi connectivity index (χ2v) is 9.19. The molecule has 1 amide bonds. The van der Waals surface area contributed by atoms with Gasteiger partial charge in [-0.2, -0.15) is 0 Å². The minimum atomic E-state index is -0.112. The molecule has 7 nitrogen and oxygen atoms in total. The van der Waals surface area contributed by atoms with Gasteiger partial charge in [-0.05, 0) is 75.0 Å². The molecule has 0 spiro atoms. The molecule has 0 saturated carbocycles. The van der Waals surface area contributed by atoms with Gasteiger partial charge in [-0.3, -0.25) is 9.69 Å². The van der Waals surface area contributed by atoms with E-state index in [4.69, 9.17) is 4.42 Å². The highest BCUT2D eigenvalue weighted by Crippen LogP contribution is 2.26. The molecule has 0 aliphatic carbocycles. The number of pyridine rings is 1. The second-order valence-electron chi connectivity index (χ2n) is 9.19. The van der Waals surface area contributed by atoms with Crippen molar-refractivity contribution in [3.05, 3.63) is 65.1 Å². The summed E-state index contributed by atoms with van der Waals surface area (Å²) in [6, 6.07) is 9.88. The molecule has 1 saturated heterocycles. The number of hydrogen-bond acceptors (Lipinski definition) is 6. The van der Waals surface area contributed by atoms with Gasteiger partial charge in [-0.1, -0.05) is 18.2 Å². The fourth-order valence-corrected chi connectivity index (χ4v) is 4.71. The summed E-state index contributed by atoms with van der Waals surface area (Å²) in [5, 5.41) is 4.21. The predicted octanol–water partition coefficient (Wildman–Crippen LogP) is 4.45. The molecule has 3 heterocycles. The van der Waals surface area contributed by atoms with E-state index in [9.17, 15) is 9.59 Å². The average molecular weight is 475 g/mol. The van der Waals surface area contributed by atoms with Crippen molar-refractivity contribution in [2.24, 2.45) is 0 Å². The van der Waals surface area contributed by atoms with E-state index in [0.717, 1.165) is 84.3 Å². The van der Waals surface area contributed by atoms with Crippen molar-refractivity contribution < 1.29 is 14.0 Å². The van der Waals surface area contributed by atoms with Crippen LogP contribution in [0.4, 0.5) is 5.82 Å². The molecule has 1 aliphatic heterocycles. The fraction of sp³-hybridized carbons (Fsp3) is 0.393. The number of rotatable bonds is 10. The second kappa shape index (κ2) is 11.3. The zero-order valence-electron chi connectivity index (χ0n) is 20.8. The molecular formula is C28H34N4O3. The number of likely N-dealkylation sites (N-methyl/N-ethyl adjacent to an activating group) is 1.